The van der Waals surface area contributed by atoms with Gasteiger partial charge in [-0.2, -0.15) is 18.2 Å². The summed E-state index contributed by atoms with van der Waals surface area (Å²) in [5, 5.41) is 3.15. The third kappa shape index (κ3) is 5.90. The van der Waals surface area contributed by atoms with E-state index in [0.29, 0.717) is 30.9 Å². The summed E-state index contributed by atoms with van der Waals surface area (Å²) in [4.78, 5) is 19.0. The molecular formula is C24H30F3N3O3S. The topological polar surface area (TPSA) is 64.9 Å². The molecule has 1 aromatic heterocycles. The minimum absolute atomic E-state index is 0.0267. The highest BCUT2D eigenvalue weighted by molar-refractivity contribution is 7.09. The number of hydrogen-bond acceptors (Lipinski definition) is 5. The van der Waals surface area contributed by atoms with E-state index in [2.05, 4.69) is 31.1 Å². The Morgan fingerprint density at radius 2 is 2.09 bits per heavy atom. The number of aromatic nitrogens is 1. The highest BCUT2D eigenvalue weighted by Gasteiger charge is 2.33. The van der Waals surface area contributed by atoms with Crippen LogP contribution in [0.5, 0.6) is 5.75 Å². The van der Waals surface area contributed by atoms with Crippen LogP contribution in [-0.4, -0.2) is 42.4 Å². The van der Waals surface area contributed by atoms with E-state index >= 15 is 0 Å². The lowest BCUT2D eigenvalue weighted by atomic mass is 9.95. The van der Waals surface area contributed by atoms with Crippen LogP contribution in [0.25, 0.3) is 0 Å². The first-order valence-corrected chi connectivity index (χ1v) is 12.3. The number of ether oxygens (including phenoxy) is 2. The molecule has 10 heteroatoms. The first-order chi connectivity index (χ1) is 16.0. The Kier molecular flexibility index (Phi) is 7.21. The van der Waals surface area contributed by atoms with Crippen molar-refractivity contribution in [2.45, 2.75) is 70.4 Å². The molecule has 2 saturated heterocycles. The van der Waals surface area contributed by atoms with Crippen LogP contribution in [0.15, 0.2) is 29.4 Å². The van der Waals surface area contributed by atoms with Gasteiger partial charge in [0.05, 0.1) is 23.8 Å². The Morgan fingerprint density at radius 3 is 2.71 bits per heavy atom. The molecule has 3 heterocycles. The fourth-order valence-corrected chi connectivity index (χ4v) is 5.04. The van der Waals surface area contributed by atoms with E-state index in [1.807, 2.05) is 10.8 Å². The van der Waals surface area contributed by atoms with E-state index in [-0.39, 0.29) is 28.9 Å². The summed E-state index contributed by atoms with van der Waals surface area (Å²) in [7, 11) is 0. The summed E-state index contributed by atoms with van der Waals surface area (Å²) in [6, 6.07) is 3.00. The summed E-state index contributed by atoms with van der Waals surface area (Å²) in [6.07, 6.45) is -0.180. The summed E-state index contributed by atoms with van der Waals surface area (Å²) >= 11 is 1.37. The summed E-state index contributed by atoms with van der Waals surface area (Å²) in [6.45, 7) is 8.77. The number of hydrogen-bond donors (Lipinski definition) is 1. The molecule has 0 unspecified atom stereocenters. The fourth-order valence-electron chi connectivity index (χ4n) is 3.98. The summed E-state index contributed by atoms with van der Waals surface area (Å²) in [5.74, 6) is -0.635. The van der Waals surface area contributed by atoms with Crippen molar-refractivity contribution in [3.05, 3.63) is 45.2 Å². The molecule has 6 nitrogen and oxygen atoms in total. The van der Waals surface area contributed by atoms with Gasteiger partial charge in [0, 0.05) is 24.2 Å². The first kappa shape index (κ1) is 24.9. The van der Waals surface area contributed by atoms with E-state index in [0.717, 1.165) is 36.4 Å². The van der Waals surface area contributed by atoms with Gasteiger partial charge in [0.15, 0.2) is 4.80 Å². The second-order valence-corrected chi connectivity index (χ2v) is 10.8. The van der Waals surface area contributed by atoms with E-state index in [1.54, 1.807) is 0 Å². The smallest absolute Gasteiger partial charge is 0.416 e. The number of carbonyl (C=O) groups excluding carboxylic acids is 1. The molecule has 1 aromatic carbocycles. The molecule has 2 fully saturated rings. The lowest BCUT2D eigenvalue weighted by molar-refractivity contribution is -0.137. The number of rotatable bonds is 5. The number of benzene rings is 1. The highest BCUT2D eigenvalue weighted by Crippen LogP contribution is 2.33. The van der Waals surface area contributed by atoms with E-state index in [4.69, 9.17) is 9.47 Å². The largest absolute Gasteiger partial charge is 0.488 e. The number of amides is 1. The number of thiazole rings is 1. The Balaban J connectivity index is 1.73. The van der Waals surface area contributed by atoms with Gasteiger partial charge in [-0.3, -0.25) is 4.79 Å². The lowest BCUT2D eigenvalue weighted by Gasteiger charge is -2.16. The van der Waals surface area contributed by atoms with E-state index in [1.165, 1.54) is 17.4 Å². The minimum Gasteiger partial charge on any atom is -0.488 e. The summed E-state index contributed by atoms with van der Waals surface area (Å²) in [5.41, 5.74) is -1.26. The summed E-state index contributed by atoms with van der Waals surface area (Å²) < 4.78 is 53.8. The van der Waals surface area contributed by atoms with Gasteiger partial charge < -0.3 is 19.4 Å². The fraction of sp³-hybridized carbons (Fsp3) is 0.583. The predicted molar refractivity (Wildman–Crippen MR) is 123 cm³/mol. The molecule has 0 aliphatic carbocycles. The van der Waals surface area contributed by atoms with Crippen LogP contribution in [0.3, 0.4) is 0 Å². The molecule has 0 spiro atoms. The number of carbonyl (C=O) groups is 1. The third-order valence-corrected chi connectivity index (χ3v) is 7.37. The second-order valence-electron chi connectivity index (χ2n) is 9.77. The number of nitrogens with one attached hydrogen (secondary N) is 1. The van der Waals surface area contributed by atoms with Crippen molar-refractivity contribution < 1.29 is 27.4 Å². The van der Waals surface area contributed by atoms with Crippen molar-refractivity contribution in [1.82, 2.24) is 9.88 Å². The van der Waals surface area contributed by atoms with Crippen LogP contribution in [-0.2, 0) is 22.9 Å². The van der Waals surface area contributed by atoms with E-state index in [9.17, 15) is 18.0 Å². The normalized spacial score (nSPS) is 21.9. The predicted octanol–water partition coefficient (Wildman–Crippen LogP) is 4.53. The van der Waals surface area contributed by atoms with Crippen molar-refractivity contribution in [2.24, 2.45) is 4.99 Å². The van der Waals surface area contributed by atoms with Crippen molar-refractivity contribution in [3.8, 4) is 5.75 Å². The van der Waals surface area contributed by atoms with Crippen LogP contribution in [0.1, 0.15) is 60.8 Å². The average molecular weight is 498 g/mol. The van der Waals surface area contributed by atoms with Gasteiger partial charge in [-0.15, -0.1) is 11.3 Å². The number of nitrogens with zero attached hydrogens (tertiary/aromatic N) is 2. The Hall–Kier alpha value is -2.17. The molecule has 2 atom stereocenters. The van der Waals surface area contributed by atoms with Gasteiger partial charge in [-0.25, -0.2) is 0 Å². The van der Waals surface area contributed by atoms with Crippen LogP contribution < -0.4 is 14.9 Å². The molecule has 1 N–H and O–H groups in total. The molecule has 2 aliphatic heterocycles. The van der Waals surface area contributed by atoms with Gasteiger partial charge in [-0.05, 0) is 49.4 Å². The van der Waals surface area contributed by atoms with Crippen molar-refractivity contribution in [3.63, 3.8) is 0 Å². The van der Waals surface area contributed by atoms with Gasteiger partial charge in [0.1, 0.15) is 11.9 Å². The first-order valence-electron chi connectivity index (χ1n) is 11.5. The Morgan fingerprint density at radius 1 is 1.29 bits per heavy atom. The minimum atomic E-state index is -4.58. The maximum absolute atomic E-state index is 13.4. The molecule has 2 aliphatic rings. The monoisotopic (exact) mass is 497 g/mol. The molecule has 1 amide bonds. The molecular weight excluding hydrogens is 467 g/mol. The zero-order valence-corrected chi connectivity index (χ0v) is 20.4. The zero-order valence-electron chi connectivity index (χ0n) is 19.6. The van der Waals surface area contributed by atoms with Gasteiger partial charge >= 0.3 is 6.18 Å². The molecule has 0 saturated carbocycles. The highest BCUT2D eigenvalue weighted by atomic mass is 32.1. The van der Waals surface area contributed by atoms with E-state index < -0.39 is 17.6 Å². The third-order valence-electron chi connectivity index (χ3n) is 5.93. The molecule has 0 bridgehead atoms. The molecule has 34 heavy (non-hydrogen) atoms. The number of halogens is 3. The van der Waals surface area contributed by atoms with Crippen LogP contribution in [0.4, 0.5) is 13.2 Å². The van der Waals surface area contributed by atoms with Crippen LogP contribution >= 0.6 is 11.3 Å². The quantitative estimate of drug-likeness (QED) is 0.660. The maximum atomic E-state index is 13.4. The van der Waals surface area contributed by atoms with Gasteiger partial charge in [0.25, 0.3) is 5.91 Å². The maximum Gasteiger partial charge on any atom is 0.416 e. The molecule has 4 rings (SSSR count). The second kappa shape index (κ2) is 9.83. The Bertz CT molecular complexity index is 1090. The average Bonchev–Trinajstić information content (AvgIpc) is 3.51. The van der Waals surface area contributed by atoms with Crippen molar-refractivity contribution >= 4 is 17.2 Å². The van der Waals surface area contributed by atoms with Crippen molar-refractivity contribution in [1.29, 1.82) is 0 Å². The lowest BCUT2D eigenvalue weighted by Crippen LogP contribution is -2.24. The van der Waals surface area contributed by atoms with Gasteiger partial charge in [-0.1, -0.05) is 20.8 Å². The van der Waals surface area contributed by atoms with Gasteiger partial charge in [0.2, 0.25) is 0 Å². The zero-order chi connectivity index (χ0) is 24.5. The SMILES string of the molecule is CC(C)(C)c1cn(C[C@H]2CCCO2)c(=NC(=O)c2cc(C(F)(F)F)ccc2O[C@@H]2CCNC2)s1. The number of alkyl halides is 3. The molecule has 2 aromatic rings. The molecule has 0 radical (unpaired) electrons. The van der Waals surface area contributed by atoms with Crippen molar-refractivity contribution in [2.75, 3.05) is 19.7 Å². The van der Waals surface area contributed by atoms with Crippen LogP contribution in [0, 0.1) is 0 Å². The van der Waals surface area contributed by atoms with Crippen LogP contribution in [0.2, 0.25) is 0 Å². The Labute approximate surface area is 200 Å². The molecule has 186 valence electrons. The standard InChI is InChI=1S/C24H30F3N3O3S/c1-23(2,3)20-14-30(13-17-5-4-10-32-17)22(34-20)29-21(31)18-11-15(24(25,26)27)6-7-19(18)33-16-8-9-28-12-16/h6-7,11,14,16-17,28H,4-5,8-10,12-13H2,1-3H3/t16-,17-/m1/s1.